The average molecular weight is 443 g/mol. The quantitative estimate of drug-likeness (QED) is 0.416. The van der Waals surface area contributed by atoms with Crippen LogP contribution in [0, 0.1) is 0 Å². The van der Waals surface area contributed by atoms with Crippen LogP contribution in [0.1, 0.15) is 14.5 Å². The first-order chi connectivity index (χ1) is 13.0. The number of rotatable bonds is 4. The van der Waals surface area contributed by atoms with Gasteiger partial charge in [-0.15, -0.1) is 11.3 Å². The summed E-state index contributed by atoms with van der Waals surface area (Å²) in [7, 11) is 0. The highest BCUT2D eigenvalue weighted by Crippen LogP contribution is 2.23. The monoisotopic (exact) mass is 442 g/mol. The van der Waals surface area contributed by atoms with Crippen LogP contribution in [0.15, 0.2) is 63.9 Å². The van der Waals surface area contributed by atoms with Gasteiger partial charge in [0.25, 0.3) is 5.91 Å². The molecule has 0 bridgehead atoms. The van der Waals surface area contributed by atoms with Crippen molar-refractivity contribution in [3.8, 4) is 0 Å². The summed E-state index contributed by atoms with van der Waals surface area (Å²) < 4.78 is 2.56. The summed E-state index contributed by atoms with van der Waals surface area (Å²) in [5.74, 6) is -0.223. The van der Waals surface area contributed by atoms with E-state index in [4.69, 9.17) is 5.73 Å². The van der Waals surface area contributed by atoms with Crippen molar-refractivity contribution in [2.75, 3.05) is 11.1 Å². The molecule has 4 aromatic rings. The van der Waals surface area contributed by atoms with Crippen molar-refractivity contribution in [1.29, 1.82) is 0 Å². The number of nitrogens with one attached hydrogen (secondary N) is 2. The van der Waals surface area contributed by atoms with Crippen LogP contribution >= 0.6 is 27.3 Å². The Hall–Kier alpha value is -2.84. The number of nitrogens with two attached hydrogens (primary N) is 1. The van der Waals surface area contributed by atoms with Gasteiger partial charge in [0.1, 0.15) is 0 Å². The van der Waals surface area contributed by atoms with Gasteiger partial charge < -0.3 is 16.0 Å². The topological polar surface area (TPSA) is 92.9 Å². The first-order valence-electron chi connectivity index (χ1n) is 8.14. The van der Waals surface area contributed by atoms with E-state index in [9.17, 15) is 9.59 Å². The summed E-state index contributed by atoms with van der Waals surface area (Å²) in [6.45, 7) is 0.395. The van der Waals surface area contributed by atoms with Crippen molar-refractivity contribution >= 4 is 55.6 Å². The van der Waals surface area contributed by atoms with Gasteiger partial charge in [0, 0.05) is 9.35 Å². The fraction of sp³-hybridized carbons (Fsp3) is 0.0526. The molecule has 0 aliphatic carbocycles. The van der Waals surface area contributed by atoms with E-state index in [1.54, 1.807) is 22.8 Å². The number of para-hydroxylation sites is 2. The maximum Gasteiger partial charge on any atom is 0.326 e. The van der Waals surface area contributed by atoms with Gasteiger partial charge in [-0.05, 0) is 42.5 Å². The lowest BCUT2D eigenvalue weighted by Gasteiger charge is -2.06. The molecule has 2 heterocycles. The number of aromatic amines is 1. The Morgan fingerprint density at radius 2 is 2.00 bits per heavy atom. The molecule has 0 aliphatic rings. The maximum atomic E-state index is 12.5. The third-order valence-corrected chi connectivity index (χ3v) is 5.71. The summed E-state index contributed by atoms with van der Waals surface area (Å²) >= 11 is 4.75. The number of aromatic nitrogens is 2. The third kappa shape index (κ3) is 3.54. The van der Waals surface area contributed by atoms with Gasteiger partial charge in [0.15, 0.2) is 0 Å². The summed E-state index contributed by atoms with van der Waals surface area (Å²) in [4.78, 5) is 29.1. The minimum absolute atomic E-state index is 0.181. The Kier molecular flexibility index (Phi) is 4.59. The van der Waals surface area contributed by atoms with Crippen molar-refractivity contribution in [3.05, 3.63) is 79.3 Å². The van der Waals surface area contributed by atoms with Gasteiger partial charge in [-0.25, -0.2) is 4.79 Å². The van der Waals surface area contributed by atoms with E-state index >= 15 is 0 Å². The molecule has 0 saturated heterocycles. The first kappa shape index (κ1) is 17.6. The molecule has 27 heavy (non-hydrogen) atoms. The molecule has 0 spiro atoms. The Morgan fingerprint density at radius 1 is 1.19 bits per heavy atom. The highest BCUT2D eigenvalue weighted by molar-refractivity contribution is 9.10. The average Bonchev–Trinajstić information content (AvgIpc) is 3.22. The van der Waals surface area contributed by atoms with Crippen molar-refractivity contribution < 1.29 is 4.79 Å². The minimum Gasteiger partial charge on any atom is -0.397 e. The lowest BCUT2D eigenvalue weighted by Crippen LogP contribution is -2.16. The number of thiophene rings is 1. The van der Waals surface area contributed by atoms with E-state index < -0.39 is 0 Å². The molecule has 136 valence electrons. The van der Waals surface area contributed by atoms with Crippen LogP contribution in [-0.2, 0) is 6.54 Å². The Bertz CT molecular complexity index is 1210. The van der Waals surface area contributed by atoms with Gasteiger partial charge in [-0.3, -0.25) is 9.36 Å². The molecule has 8 heteroatoms. The molecule has 0 unspecified atom stereocenters. The van der Waals surface area contributed by atoms with E-state index in [0.717, 1.165) is 20.4 Å². The highest BCUT2D eigenvalue weighted by atomic mass is 79.9. The number of hydrogen-bond acceptors (Lipinski definition) is 4. The van der Waals surface area contributed by atoms with Crippen LogP contribution in [0.5, 0.6) is 0 Å². The fourth-order valence-electron chi connectivity index (χ4n) is 2.83. The molecule has 0 fully saturated rings. The van der Waals surface area contributed by atoms with Gasteiger partial charge in [-0.1, -0.05) is 28.1 Å². The second-order valence-electron chi connectivity index (χ2n) is 5.99. The van der Waals surface area contributed by atoms with Gasteiger partial charge >= 0.3 is 5.69 Å². The number of H-pyrrole nitrogens is 1. The van der Waals surface area contributed by atoms with E-state index in [-0.39, 0.29) is 11.6 Å². The summed E-state index contributed by atoms with van der Waals surface area (Å²) in [5.41, 5.74) is 8.36. The molecular weight excluding hydrogens is 428 g/mol. The molecule has 4 N–H and O–H groups in total. The van der Waals surface area contributed by atoms with E-state index in [1.165, 1.54) is 11.3 Å². The van der Waals surface area contributed by atoms with Crippen LogP contribution in [0.3, 0.4) is 0 Å². The molecule has 6 nitrogen and oxygen atoms in total. The molecule has 2 aromatic heterocycles. The van der Waals surface area contributed by atoms with Gasteiger partial charge in [0.05, 0.1) is 33.8 Å². The Labute approximate surface area is 166 Å². The van der Waals surface area contributed by atoms with E-state index in [1.807, 2.05) is 36.4 Å². The van der Waals surface area contributed by atoms with Crippen LogP contribution in [-0.4, -0.2) is 15.5 Å². The zero-order valence-electron chi connectivity index (χ0n) is 14.0. The van der Waals surface area contributed by atoms with Crippen LogP contribution < -0.4 is 16.7 Å². The highest BCUT2D eigenvalue weighted by Gasteiger charge is 2.13. The second kappa shape index (κ2) is 7.05. The largest absolute Gasteiger partial charge is 0.397 e. The molecule has 4 rings (SSSR count). The summed E-state index contributed by atoms with van der Waals surface area (Å²) in [5, 5.41) is 2.81. The van der Waals surface area contributed by atoms with Crippen LogP contribution in [0.25, 0.3) is 11.0 Å². The SMILES string of the molecule is Nc1ccccc1NC(=O)c1ccc(Cn2c(=O)[nH]c3cc(Br)ccc32)s1. The fourth-order valence-corrected chi connectivity index (χ4v) is 4.08. The Balaban J connectivity index is 1.57. The number of amides is 1. The minimum atomic E-state index is -0.223. The molecule has 0 atom stereocenters. The lowest BCUT2D eigenvalue weighted by molar-refractivity contribution is 0.103. The normalized spacial score (nSPS) is 11.0. The standard InChI is InChI=1S/C19H15BrN4O2S/c20-11-5-7-16-15(9-11)23-19(26)24(16)10-12-6-8-17(27-12)18(25)22-14-4-2-1-3-13(14)21/h1-9H,10,21H2,(H,22,25)(H,23,26). The predicted octanol–water partition coefficient (Wildman–Crippen LogP) is 4.04. The predicted molar refractivity (Wildman–Crippen MR) is 112 cm³/mol. The zero-order valence-corrected chi connectivity index (χ0v) is 16.4. The molecular formula is C19H15BrN4O2S. The zero-order chi connectivity index (χ0) is 19.0. The third-order valence-electron chi connectivity index (χ3n) is 4.14. The van der Waals surface area contributed by atoms with E-state index in [2.05, 4.69) is 26.2 Å². The summed E-state index contributed by atoms with van der Waals surface area (Å²) in [6, 6.07) is 16.4. The van der Waals surface area contributed by atoms with E-state index in [0.29, 0.717) is 22.8 Å². The number of nitrogens with zero attached hydrogens (tertiary/aromatic N) is 1. The second-order valence-corrected chi connectivity index (χ2v) is 8.07. The summed E-state index contributed by atoms with van der Waals surface area (Å²) in [6.07, 6.45) is 0. The number of hydrogen-bond donors (Lipinski definition) is 3. The Morgan fingerprint density at radius 3 is 2.81 bits per heavy atom. The van der Waals surface area contributed by atoms with Crippen LogP contribution in [0.4, 0.5) is 11.4 Å². The van der Waals surface area contributed by atoms with Gasteiger partial charge in [0.2, 0.25) is 0 Å². The number of carbonyl (C=O) groups excluding carboxylic acids is 1. The maximum absolute atomic E-state index is 12.5. The number of carbonyl (C=O) groups is 1. The molecule has 2 aromatic carbocycles. The number of benzene rings is 2. The first-order valence-corrected chi connectivity index (χ1v) is 9.75. The number of fused-ring (bicyclic) bond motifs is 1. The molecule has 0 saturated carbocycles. The number of nitrogen functional groups attached to an aromatic ring is 1. The number of imidazole rings is 1. The number of halogens is 1. The van der Waals surface area contributed by atoms with Crippen molar-refractivity contribution in [3.63, 3.8) is 0 Å². The molecule has 1 amide bonds. The van der Waals surface area contributed by atoms with Crippen molar-refractivity contribution in [1.82, 2.24) is 9.55 Å². The molecule has 0 radical (unpaired) electrons. The van der Waals surface area contributed by atoms with Crippen LogP contribution in [0.2, 0.25) is 0 Å². The van der Waals surface area contributed by atoms with Crippen molar-refractivity contribution in [2.24, 2.45) is 0 Å². The lowest BCUT2D eigenvalue weighted by atomic mass is 10.2. The number of anilines is 2. The smallest absolute Gasteiger partial charge is 0.326 e. The van der Waals surface area contributed by atoms with Crippen molar-refractivity contribution in [2.45, 2.75) is 6.54 Å². The molecule has 0 aliphatic heterocycles. The van der Waals surface area contributed by atoms with Gasteiger partial charge in [-0.2, -0.15) is 0 Å².